The van der Waals surface area contributed by atoms with Crippen molar-refractivity contribution in [1.82, 2.24) is 15.1 Å². The molecule has 14 heavy (non-hydrogen) atoms. The second-order valence-corrected chi connectivity index (χ2v) is 4.09. The van der Waals surface area contributed by atoms with Crippen LogP contribution in [-0.4, -0.2) is 27.6 Å². The zero-order chi connectivity index (χ0) is 10.2. The topological polar surface area (TPSA) is 46.9 Å². The highest BCUT2D eigenvalue weighted by Crippen LogP contribution is 2.22. The zero-order valence-electron chi connectivity index (χ0n) is 8.58. The lowest BCUT2D eigenvalue weighted by Gasteiger charge is -2.21. The van der Waals surface area contributed by atoms with E-state index in [2.05, 4.69) is 10.4 Å². The monoisotopic (exact) mass is 193 g/mol. The van der Waals surface area contributed by atoms with Crippen molar-refractivity contribution in [2.45, 2.75) is 25.3 Å². The number of carbonyl (C=O) groups excluding carboxylic acids is 1. The lowest BCUT2D eigenvalue weighted by molar-refractivity contribution is 0.0884. The Kier molecular flexibility index (Phi) is 2.15. The number of aromatic nitrogens is 2. The number of ketones is 1. The Hall–Kier alpha value is -1.16. The number of nitrogens with one attached hydrogen (secondary N) is 1. The van der Waals surface area contributed by atoms with Crippen LogP contribution < -0.4 is 5.32 Å². The first-order chi connectivity index (χ1) is 6.62. The summed E-state index contributed by atoms with van der Waals surface area (Å²) < 4.78 is 1.66. The number of nitrogens with zero attached hydrogens (tertiary/aromatic N) is 2. The minimum atomic E-state index is -0.372. The molecule has 0 spiro atoms. The van der Waals surface area contributed by atoms with Gasteiger partial charge in [-0.05, 0) is 26.3 Å². The highest BCUT2D eigenvalue weighted by Gasteiger charge is 2.36. The molecule has 76 valence electrons. The molecule has 1 atom stereocenters. The zero-order valence-corrected chi connectivity index (χ0v) is 8.58. The molecule has 1 N–H and O–H groups in total. The summed E-state index contributed by atoms with van der Waals surface area (Å²) in [5.41, 5.74) is 0.327. The van der Waals surface area contributed by atoms with Gasteiger partial charge in [0.1, 0.15) is 0 Å². The lowest BCUT2D eigenvalue weighted by Crippen LogP contribution is -2.44. The van der Waals surface area contributed by atoms with E-state index in [1.165, 1.54) is 0 Å². The van der Waals surface area contributed by atoms with Gasteiger partial charge in [0.15, 0.2) is 5.78 Å². The molecular weight excluding hydrogens is 178 g/mol. The summed E-state index contributed by atoms with van der Waals surface area (Å²) in [7, 11) is 1.82. The van der Waals surface area contributed by atoms with Crippen molar-refractivity contribution in [1.29, 1.82) is 0 Å². The van der Waals surface area contributed by atoms with Crippen LogP contribution in [0.1, 0.15) is 30.1 Å². The second-order valence-electron chi connectivity index (χ2n) is 4.09. The molecule has 0 aromatic carbocycles. The maximum absolute atomic E-state index is 12.1. The molecule has 0 radical (unpaired) electrons. The van der Waals surface area contributed by atoms with Crippen LogP contribution in [0.2, 0.25) is 0 Å². The van der Waals surface area contributed by atoms with Gasteiger partial charge in [0, 0.05) is 13.2 Å². The fraction of sp³-hybridized carbons (Fsp3) is 0.600. The maximum Gasteiger partial charge on any atom is 0.185 e. The Bertz CT molecular complexity index is 350. The molecule has 1 aromatic rings. The van der Waals surface area contributed by atoms with Gasteiger partial charge in [0.25, 0.3) is 0 Å². The summed E-state index contributed by atoms with van der Waals surface area (Å²) in [6.07, 6.45) is 5.39. The molecule has 2 rings (SSSR count). The summed E-state index contributed by atoms with van der Waals surface area (Å²) in [5, 5.41) is 7.26. The summed E-state index contributed by atoms with van der Waals surface area (Å²) in [4.78, 5) is 12.1. The molecule has 0 bridgehead atoms. The molecule has 4 nitrogen and oxygen atoms in total. The van der Waals surface area contributed by atoms with E-state index < -0.39 is 0 Å². The molecule has 2 heterocycles. The Morgan fingerprint density at radius 3 is 3.00 bits per heavy atom. The largest absolute Gasteiger partial charge is 0.305 e. The van der Waals surface area contributed by atoms with E-state index in [9.17, 15) is 4.79 Å². The van der Waals surface area contributed by atoms with E-state index in [0.717, 1.165) is 19.4 Å². The summed E-state index contributed by atoms with van der Waals surface area (Å²) in [6, 6.07) is 0. The smallest absolute Gasteiger partial charge is 0.185 e. The number of hydrogen-bond acceptors (Lipinski definition) is 3. The van der Waals surface area contributed by atoms with Crippen LogP contribution in [0, 0.1) is 0 Å². The number of aryl methyl sites for hydroxylation is 1. The van der Waals surface area contributed by atoms with Gasteiger partial charge in [-0.1, -0.05) is 0 Å². The van der Waals surface area contributed by atoms with Gasteiger partial charge in [0.2, 0.25) is 0 Å². The molecule has 0 amide bonds. The van der Waals surface area contributed by atoms with Crippen LogP contribution in [-0.2, 0) is 7.05 Å². The molecule has 1 aliphatic heterocycles. The summed E-state index contributed by atoms with van der Waals surface area (Å²) in [5.74, 6) is 0.156. The quantitative estimate of drug-likeness (QED) is 0.705. The van der Waals surface area contributed by atoms with E-state index in [1.54, 1.807) is 17.1 Å². The SMILES string of the molecule is Cn1cc(C(=O)C2(C)CCCN2)cn1. The third-order valence-electron chi connectivity index (χ3n) is 2.84. The van der Waals surface area contributed by atoms with E-state index in [4.69, 9.17) is 0 Å². The van der Waals surface area contributed by atoms with Crippen LogP contribution in [0.4, 0.5) is 0 Å². The molecule has 1 aliphatic rings. The third-order valence-corrected chi connectivity index (χ3v) is 2.84. The standard InChI is InChI=1S/C10H15N3O/c1-10(4-3-5-11-10)9(14)8-6-12-13(2)7-8/h6-7,11H,3-5H2,1-2H3. The van der Waals surface area contributed by atoms with Crippen molar-refractivity contribution in [3.8, 4) is 0 Å². The number of rotatable bonds is 2. The van der Waals surface area contributed by atoms with E-state index in [-0.39, 0.29) is 11.3 Å². The Balaban J connectivity index is 2.23. The minimum Gasteiger partial charge on any atom is -0.305 e. The van der Waals surface area contributed by atoms with Gasteiger partial charge in [-0.25, -0.2) is 0 Å². The normalized spacial score (nSPS) is 26.7. The highest BCUT2D eigenvalue weighted by atomic mass is 16.1. The lowest BCUT2D eigenvalue weighted by atomic mass is 9.91. The van der Waals surface area contributed by atoms with Crippen LogP contribution >= 0.6 is 0 Å². The predicted octanol–water partition coefficient (Wildman–Crippen LogP) is 0.745. The average Bonchev–Trinajstić information content (AvgIpc) is 2.74. The van der Waals surface area contributed by atoms with Crippen molar-refractivity contribution < 1.29 is 4.79 Å². The first kappa shape index (κ1) is 9.40. The van der Waals surface area contributed by atoms with Gasteiger partial charge >= 0.3 is 0 Å². The van der Waals surface area contributed by atoms with Crippen LogP contribution in [0.5, 0.6) is 0 Å². The molecule has 0 saturated carbocycles. The molecule has 1 fully saturated rings. The molecule has 1 aromatic heterocycles. The van der Waals surface area contributed by atoms with Crippen molar-refractivity contribution >= 4 is 5.78 Å². The van der Waals surface area contributed by atoms with Gasteiger partial charge < -0.3 is 5.32 Å². The van der Waals surface area contributed by atoms with Gasteiger partial charge in [0.05, 0.1) is 17.3 Å². The van der Waals surface area contributed by atoms with E-state index in [0.29, 0.717) is 5.56 Å². The fourth-order valence-corrected chi connectivity index (χ4v) is 1.95. The molecule has 4 heteroatoms. The van der Waals surface area contributed by atoms with Crippen molar-refractivity contribution in [3.63, 3.8) is 0 Å². The second kappa shape index (κ2) is 3.20. The Morgan fingerprint density at radius 2 is 2.50 bits per heavy atom. The Labute approximate surface area is 83.3 Å². The highest BCUT2D eigenvalue weighted by molar-refractivity contribution is 6.02. The van der Waals surface area contributed by atoms with Gasteiger partial charge in [-0.3, -0.25) is 9.48 Å². The average molecular weight is 193 g/mol. The molecule has 0 aliphatic carbocycles. The summed E-state index contributed by atoms with van der Waals surface area (Å²) >= 11 is 0. The van der Waals surface area contributed by atoms with Crippen molar-refractivity contribution in [2.24, 2.45) is 7.05 Å². The van der Waals surface area contributed by atoms with E-state index >= 15 is 0 Å². The first-order valence-corrected chi connectivity index (χ1v) is 4.90. The van der Waals surface area contributed by atoms with Gasteiger partial charge in [-0.15, -0.1) is 0 Å². The summed E-state index contributed by atoms with van der Waals surface area (Å²) in [6.45, 7) is 2.90. The predicted molar refractivity (Wildman–Crippen MR) is 53.2 cm³/mol. The molecule has 1 saturated heterocycles. The number of Topliss-reactive ketones (excluding diaryl/α,β-unsaturated/α-hetero) is 1. The van der Waals surface area contributed by atoms with Gasteiger partial charge in [-0.2, -0.15) is 5.10 Å². The molecular formula is C10H15N3O. The van der Waals surface area contributed by atoms with Crippen LogP contribution in [0.15, 0.2) is 12.4 Å². The Morgan fingerprint density at radius 1 is 1.71 bits per heavy atom. The number of hydrogen-bond donors (Lipinski definition) is 1. The van der Waals surface area contributed by atoms with Crippen LogP contribution in [0.3, 0.4) is 0 Å². The minimum absolute atomic E-state index is 0.156. The van der Waals surface area contributed by atoms with E-state index in [1.807, 2.05) is 14.0 Å². The number of carbonyl (C=O) groups is 1. The fourth-order valence-electron chi connectivity index (χ4n) is 1.95. The molecule has 1 unspecified atom stereocenters. The third kappa shape index (κ3) is 1.46. The van der Waals surface area contributed by atoms with Crippen molar-refractivity contribution in [3.05, 3.63) is 18.0 Å². The first-order valence-electron chi connectivity index (χ1n) is 4.90. The van der Waals surface area contributed by atoms with Crippen molar-refractivity contribution in [2.75, 3.05) is 6.54 Å². The van der Waals surface area contributed by atoms with Crippen LogP contribution in [0.25, 0.3) is 0 Å². The maximum atomic E-state index is 12.1.